The third-order valence-electron chi connectivity index (χ3n) is 4.58. The summed E-state index contributed by atoms with van der Waals surface area (Å²) >= 11 is 1.38. The second kappa shape index (κ2) is 7.51. The Morgan fingerprint density at radius 2 is 2.19 bits per heavy atom. The molecule has 9 heteroatoms. The average molecular weight is 388 g/mol. The minimum absolute atomic E-state index is 0.0308. The van der Waals surface area contributed by atoms with Crippen molar-refractivity contribution in [2.24, 2.45) is 0 Å². The molecule has 0 radical (unpaired) electrons. The van der Waals surface area contributed by atoms with Gasteiger partial charge < -0.3 is 14.4 Å². The van der Waals surface area contributed by atoms with Gasteiger partial charge in [-0.2, -0.15) is 0 Å². The lowest BCUT2D eigenvalue weighted by atomic mass is 10.1. The summed E-state index contributed by atoms with van der Waals surface area (Å²) in [5, 5.41) is 12.3. The van der Waals surface area contributed by atoms with Crippen molar-refractivity contribution < 1.29 is 19.1 Å². The highest BCUT2D eigenvalue weighted by atomic mass is 32.1. The van der Waals surface area contributed by atoms with Crippen molar-refractivity contribution in [2.45, 2.75) is 45.2 Å². The molecule has 0 aliphatic carbocycles. The Morgan fingerprint density at radius 1 is 1.33 bits per heavy atom. The zero-order valence-corrected chi connectivity index (χ0v) is 15.8. The first kappa shape index (κ1) is 17.7. The Kier molecular flexibility index (Phi) is 4.93. The van der Waals surface area contributed by atoms with E-state index in [-0.39, 0.29) is 18.6 Å². The van der Waals surface area contributed by atoms with Crippen LogP contribution in [0.3, 0.4) is 0 Å². The fourth-order valence-corrected chi connectivity index (χ4v) is 4.09. The van der Waals surface area contributed by atoms with Crippen LogP contribution in [0.2, 0.25) is 0 Å². The normalized spacial score (nSPS) is 18.2. The maximum Gasteiger partial charge on any atom is 0.249 e. The Labute approximate surface area is 160 Å². The molecule has 2 aromatic rings. The molecule has 3 heterocycles. The third-order valence-corrected chi connectivity index (χ3v) is 5.48. The molecule has 1 fully saturated rings. The molecule has 2 aliphatic rings. The summed E-state index contributed by atoms with van der Waals surface area (Å²) in [5.41, 5.74) is 0.897. The number of anilines is 1. The first-order valence-electron chi connectivity index (χ1n) is 8.95. The predicted octanol–water partition coefficient (Wildman–Crippen LogP) is 2.35. The number of carbonyl (C=O) groups excluding carboxylic acids is 2. The topological polar surface area (TPSA) is 93.7 Å². The Bertz CT molecular complexity index is 869. The number of nitrogens with zero attached hydrogens (tertiary/aromatic N) is 3. The lowest BCUT2D eigenvalue weighted by Crippen LogP contribution is -2.41. The summed E-state index contributed by atoms with van der Waals surface area (Å²) in [6.45, 7) is 2.62. The summed E-state index contributed by atoms with van der Waals surface area (Å²) in [5.74, 6) is 1.11. The largest absolute Gasteiger partial charge is 0.454 e. The van der Waals surface area contributed by atoms with Crippen LogP contribution in [-0.2, 0) is 22.6 Å². The van der Waals surface area contributed by atoms with Crippen molar-refractivity contribution in [3.05, 3.63) is 28.8 Å². The van der Waals surface area contributed by atoms with Gasteiger partial charge in [-0.3, -0.25) is 14.9 Å². The summed E-state index contributed by atoms with van der Waals surface area (Å²) < 4.78 is 10.7. The highest BCUT2D eigenvalue weighted by Crippen LogP contribution is 2.33. The van der Waals surface area contributed by atoms with Crippen molar-refractivity contribution in [1.29, 1.82) is 0 Å². The van der Waals surface area contributed by atoms with E-state index >= 15 is 0 Å². The summed E-state index contributed by atoms with van der Waals surface area (Å²) in [6.07, 6.45) is 2.67. The molecule has 2 amide bonds. The molecule has 1 atom stereocenters. The van der Waals surface area contributed by atoms with Gasteiger partial charge in [0.25, 0.3) is 0 Å². The molecule has 1 aromatic heterocycles. The second-order valence-corrected chi connectivity index (χ2v) is 7.57. The van der Waals surface area contributed by atoms with Crippen LogP contribution in [-0.4, -0.2) is 39.7 Å². The fraction of sp³-hybridized carbons (Fsp3) is 0.444. The van der Waals surface area contributed by atoms with Crippen LogP contribution in [0.5, 0.6) is 11.5 Å². The Morgan fingerprint density at radius 3 is 3.04 bits per heavy atom. The van der Waals surface area contributed by atoms with Crippen LogP contribution in [0.15, 0.2) is 18.2 Å². The van der Waals surface area contributed by atoms with Crippen molar-refractivity contribution in [2.75, 3.05) is 12.1 Å². The highest BCUT2D eigenvalue weighted by molar-refractivity contribution is 7.15. The Hall–Kier alpha value is -2.68. The van der Waals surface area contributed by atoms with E-state index in [9.17, 15) is 9.59 Å². The molecule has 27 heavy (non-hydrogen) atoms. The number of benzene rings is 1. The second-order valence-electron chi connectivity index (χ2n) is 6.50. The van der Waals surface area contributed by atoms with Gasteiger partial charge in [-0.1, -0.05) is 24.3 Å². The van der Waals surface area contributed by atoms with E-state index < -0.39 is 6.04 Å². The van der Waals surface area contributed by atoms with Gasteiger partial charge in [-0.25, -0.2) is 0 Å². The van der Waals surface area contributed by atoms with E-state index in [0.29, 0.717) is 36.0 Å². The molecule has 0 bridgehead atoms. The molecule has 1 unspecified atom stereocenters. The summed E-state index contributed by atoms with van der Waals surface area (Å²) in [4.78, 5) is 26.7. The van der Waals surface area contributed by atoms with E-state index in [1.807, 2.05) is 18.2 Å². The molecule has 1 saturated heterocycles. The van der Waals surface area contributed by atoms with Crippen LogP contribution >= 0.6 is 11.3 Å². The van der Waals surface area contributed by atoms with Crippen LogP contribution < -0.4 is 14.8 Å². The van der Waals surface area contributed by atoms with Crippen molar-refractivity contribution in [1.82, 2.24) is 15.1 Å². The van der Waals surface area contributed by atoms with E-state index in [0.717, 1.165) is 23.4 Å². The molecule has 142 valence electrons. The molecule has 1 N–H and O–H groups in total. The van der Waals surface area contributed by atoms with E-state index in [4.69, 9.17) is 9.47 Å². The van der Waals surface area contributed by atoms with E-state index in [1.54, 1.807) is 4.90 Å². The van der Waals surface area contributed by atoms with Crippen molar-refractivity contribution >= 4 is 28.3 Å². The first-order valence-corrected chi connectivity index (χ1v) is 9.77. The van der Waals surface area contributed by atoms with Crippen molar-refractivity contribution in [3.8, 4) is 11.5 Å². The zero-order valence-electron chi connectivity index (χ0n) is 14.9. The number of hydrogen-bond donors (Lipinski definition) is 1. The summed E-state index contributed by atoms with van der Waals surface area (Å²) in [7, 11) is 0. The smallest absolute Gasteiger partial charge is 0.249 e. The molecule has 0 saturated carbocycles. The third kappa shape index (κ3) is 3.73. The maximum absolute atomic E-state index is 12.7. The minimum Gasteiger partial charge on any atom is -0.454 e. The number of likely N-dealkylation sites (tertiary alicyclic amines) is 1. The van der Waals surface area contributed by atoms with Crippen LogP contribution in [0.4, 0.5) is 5.13 Å². The van der Waals surface area contributed by atoms with Gasteiger partial charge in [-0.05, 0) is 30.5 Å². The number of aromatic nitrogens is 2. The van der Waals surface area contributed by atoms with Crippen LogP contribution in [0.25, 0.3) is 0 Å². The minimum atomic E-state index is -0.513. The van der Waals surface area contributed by atoms with Gasteiger partial charge in [0.15, 0.2) is 11.5 Å². The number of carbonyl (C=O) groups is 2. The average Bonchev–Trinajstić information content (AvgIpc) is 3.37. The van der Waals surface area contributed by atoms with Gasteiger partial charge in [0.05, 0.1) is 0 Å². The molecular formula is C18H20N4O4S. The monoisotopic (exact) mass is 388 g/mol. The number of fused-ring (bicyclic) bond motifs is 1. The summed E-state index contributed by atoms with van der Waals surface area (Å²) in [6, 6.07) is 5.05. The number of amides is 2. The zero-order chi connectivity index (χ0) is 18.8. The number of hydrogen-bond acceptors (Lipinski definition) is 7. The maximum atomic E-state index is 12.7. The first-order chi connectivity index (χ1) is 13.1. The number of ether oxygens (including phenoxy) is 2. The number of aryl methyl sites for hydroxylation is 1. The molecule has 0 spiro atoms. The lowest BCUT2D eigenvalue weighted by Gasteiger charge is -2.23. The molecule has 8 nitrogen and oxygen atoms in total. The predicted molar refractivity (Wildman–Crippen MR) is 98.7 cm³/mol. The number of rotatable bonds is 6. The van der Waals surface area contributed by atoms with Crippen LogP contribution in [0.1, 0.15) is 36.8 Å². The van der Waals surface area contributed by atoms with Gasteiger partial charge >= 0.3 is 0 Å². The molecule has 2 aliphatic heterocycles. The van der Waals surface area contributed by atoms with Gasteiger partial charge in [0, 0.05) is 19.4 Å². The lowest BCUT2D eigenvalue weighted by molar-refractivity contribution is -0.133. The molecule has 1 aromatic carbocycles. The molecule has 4 rings (SSSR count). The van der Waals surface area contributed by atoms with Gasteiger partial charge in [0.1, 0.15) is 11.0 Å². The quantitative estimate of drug-likeness (QED) is 0.816. The molecular weight excluding hydrogens is 368 g/mol. The SMILES string of the molecule is CCCc1nnc(NC(=O)C2CCC(=O)N2Cc2ccc3c(c2)OCO3)s1. The van der Waals surface area contributed by atoms with Gasteiger partial charge in [-0.15, -0.1) is 10.2 Å². The van der Waals surface area contributed by atoms with Gasteiger partial charge in [0.2, 0.25) is 23.7 Å². The Balaban J connectivity index is 1.44. The fourth-order valence-electron chi connectivity index (χ4n) is 3.25. The standard InChI is InChI=1S/C18H20N4O4S/c1-2-3-15-20-21-18(27-15)19-17(24)12-5-7-16(23)22(12)9-11-4-6-13-14(8-11)26-10-25-13/h4,6,8,12H,2-3,5,7,9-10H2,1H3,(H,19,21,24). The van der Waals surface area contributed by atoms with Crippen LogP contribution in [0, 0.1) is 0 Å². The van der Waals surface area contributed by atoms with E-state index in [2.05, 4.69) is 22.4 Å². The van der Waals surface area contributed by atoms with E-state index in [1.165, 1.54) is 11.3 Å². The number of nitrogens with one attached hydrogen (secondary N) is 1. The van der Waals surface area contributed by atoms with Crippen molar-refractivity contribution in [3.63, 3.8) is 0 Å². The highest BCUT2D eigenvalue weighted by Gasteiger charge is 2.36.